The van der Waals surface area contributed by atoms with Gasteiger partial charge in [0.05, 0.1) is 39.9 Å². The summed E-state index contributed by atoms with van der Waals surface area (Å²) < 4.78 is 23.7. The van der Waals surface area contributed by atoms with E-state index in [0.717, 1.165) is 83.5 Å². The Labute approximate surface area is 457 Å². The molecule has 0 aromatic heterocycles. The van der Waals surface area contributed by atoms with Crippen molar-refractivity contribution >= 4 is 13.7 Å². The van der Waals surface area contributed by atoms with Gasteiger partial charge in [-0.15, -0.1) is 0 Å². The van der Waals surface area contributed by atoms with Gasteiger partial charge in [-0.25, -0.2) is 4.57 Å². The molecular formula is C65H116N2O6P+. The molecule has 0 bridgehead atoms. The highest BCUT2D eigenvalue weighted by molar-refractivity contribution is 7.47. The minimum absolute atomic E-state index is 0.0499. The molecule has 0 saturated heterocycles. The lowest BCUT2D eigenvalue weighted by molar-refractivity contribution is -0.870. The lowest BCUT2D eigenvalue weighted by Gasteiger charge is -2.25. The number of unbranched alkanes of at least 4 members (excludes halogenated alkanes) is 25. The van der Waals surface area contributed by atoms with Crippen LogP contribution in [0.5, 0.6) is 0 Å². The molecule has 8 nitrogen and oxygen atoms in total. The highest BCUT2D eigenvalue weighted by Gasteiger charge is 2.27. The summed E-state index contributed by atoms with van der Waals surface area (Å²) in [6.45, 7) is 4.66. The molecular weight excluding hydrogens is 936 g/mol. The molecule has 3 unspecified atom stereocenters. The average Bonchev–Trinajstić information content (AvgIpc) is 3.36. The molecule has 3 atom stereocenters. The van der Waals surface area contributed by atoms with Crippen LogP contribution in [0.25, 0.3) is 0 Å². The average molecular weight is 1050 g/mol. The van der Waals surface area contributed by atoms with Crippen molar-refractivity contribution in [3.63, 3.8) is 0 Å². The number of hydrogen-bond donors (Lipinski definition) is 3. The number of likely N-dealkylation sites (N-methyl/N-ethyl adjacent to an activating group) is 1. The van der Waals surface area contributed by atoms with Gasteiger partial charge in [0.25, 0.3) is 0 Å². The number of phosphoric acid groups is 1. The maximum atomic E-state index is 13.0. The van der Waals surface area contributed by atoms with Gasteiger partial charge >= 0.3 is 7.82 Å². The van der Waals surface area contributed by atoms with E-state index >= 15 is 0 Å². The summed E-state index contributed by atoms with van der Waals surface area (Å²) in [6, 6.07) is -0.875. The Morgan fingerprint density at radius 2 is 0.824 bits per heavy atom. The molecule has 0 fully saturated rings. The van der Waals surface area contributed by atoms with E-state index in [-0.39, 0.29) is 19.1 Å². The molecule has 0 rings (SSSR count). The second-order valence-corrected chi connectivity index (χ2v) is 22.8. The maximum absolute atomic E-state index is 13.0. The van der Waals surface area contributed by atoms with E-state index in [1.165, 1.54) is 141 Å². The van der Waals surface area contributed by atoms with E-state index in [4.69, 9.17) is 9.05 Å². The van der Waals surface area contributed by atoms with Gasteiger partial charge in [-0.2, -0.15) is 0 Å². The van der Waals surface area contributed by atoms with E-state index < -0.39 is 20.0 Å². The molecule has 0 aromatic carbocycles. The van der Waals surface area contributed by atoms with Gasteiger partial charge in [0.1, 0.15) is 13.2 Å². The molecule has 0 saturated carbocycles. The number of hydrogen-bond acceptors (Lipinski definition) is 5. The second kappa shape index (κ2) is 54.9. The summed E-state index contributed by atoms with van der Waals surface area (Å²) in [5.74, 6) is -0.194. The standard InChI is InChI=1S/C65H115N2O6P/c1-6-8-10-12-14-16-18-20-22-24-25-26-27-28-29-30-31-32-33-34-35-36-37-38-39-40-41-43-45-47-49-51-53-55-57-59-65(69)66-63(62-73-74(70,71)72-61-60-67(3,4)5)64(68)58-56-54-52-50-48-46-44-42-23-21-19-17-15-13-11-9-7-2/h8,10,14,16,20,22-23,25-26,28-29,31-32,42,48,50,56,58,63-64,68H,6-7,9,11-13,15,17-19,21,24,27,30,33-41,43-47,49,51-55,57,59-62H2,1-5H3,(H-,66,69,70,71)/p+1/b10-8-,16-14-,22-20-,26-25-,29-28-,32-31-,42-23+,50-48+,58-56+. The van der Waals surface area contributed by atoms with Gasteiger partial charge in [0.2, 0.25) is 5.91 Å². The van der Waals surface area contributed by atoms with E-state index in [9.17, 15) is 19.4 Å². The Morgan fingerprint density at radius 3 is 1.24 bits per heavy atom. The Hall–Kier alpha value is -2.84. The number of rotatable bonds is 54. The SMILES string of the molecule is CC/C=C\C/C=C\C/C=C\C/C=C\C/C=C\C/C=C\CCCCCCCCCCCCCCCCCCC(=O)NC(COP(=O)(O)OCC[N+](C)(C)C)C(O)/C=C/CC/C=C/CC/C=C/CCCCCCCCC. The number of nitrogens with one attached hydrogen (secondary N) is 1. The van der Waals surface area contributed by atoms with Gasteiger partial charge in [0, 0.05) is 6.42 Å². The zero-order valence-electron chi connectivity index (χ0n) is 48.5. The molecule has 74 heavy (non-hydrogen) atoms. The van der Waals surface area contributed by atoms with Crippen LogP contribution >= 0.6 is 7.82 Å². The topological polar surface area (TPSA) is 105 Å². The molecule has 0 radical (unpaired) electrons. The number of allylic oxidation sites excluding steroid dienone is 17. The van der Waals surface area contributed by atoms with Gasteiger partial charge in [-0.05, 0) is 96.3 Å². The molecule has 426 valence electrons. The fraction of sp³-hybridized carbons (Fsp3) is 0.708. The zero-order chi connectivity index (χ0) is 54.2. The van der Waals surface area contributed by atoms with Crippen LogP contribution in [0.4, 0.5) is 0 Å². The number of nitrogens with zero attached hydrogens (tertiary/aromatic N) is 1. The van der Waals surface area contributed by atoms with Crippen molar-refractivity contribution in [1.82, 2.24) is 5.32 Å². The third kappa shape index (κ3) is 56.9. The number of amides is 1. The fourth-order valence-corrected chi connectivity index (χ4v) is 8.99. The largest absolute Gasteiger partial charge is 0.472 e. The Morgan fingerprint density at radius 1 is 0.473 bits per heavy atom. The lowest BCUT2D eigenvalue weighted by atomic mass is 10.0. The molecule has 0 aliphatic carbocycles. The normalized spacial score (nSPS) is 14.6. The van der Waals surface area contributed by atoms with Crippen molar-refractivity contribution in [3.8, 4) is 0 Å². The van der Waals surface area contributed by atoms with Gasteiger partial charge < -0.3 is 19.8 Å². The van der Waals surface area contributed by atoms with Crippen molar-refractivity contribution < 1.29 is 32.9 Å². The third-order valence-corrected chi connectivity index (χ3v) is 13.9. The monoisotopic (exact) mass is 1050 g/mol. The van der Waals surface area contributed by atoms with E-state index in [1.807, 2.05) is 27.2 Å². The second-order valence-electron chi connectivity index (χ2n) is 21.3. The first-order valence-corrected chi connectivity index (χ1v) is 31.8. The molecule has 0 spiro atoms. The smallest absolute Gasteiger partial charge is 0.387 e. The van der Waals surface area contributed by atoms with Crippen molar-refractivity contribution in [2.45, 2.75) is 257 Å². The lowest BCUT2D eigenvalue weighted by Crippen LogP contribution is -2.45. The first-order valence-electron chi connectivity index (χ1n) is 30.3. The molecule has 9 heteroatoms. The van der Waals surface area contributed by atoms with Crippen LogP contribution in [-0.2, 0) is 18.4 Å². The van der Waals surface area contributed by atoms with E-state index in [0.29, 0.717) is 17.4 Å². The van der Waals surface area contributed by atoms with Gasteiger partial charge in [-0.1, -0.05) is 252 Å². The molecule has 1 amide bonds. The van der Waals surface area contributed by atoms with Crippen LogP contribution < -0.4 is 5.32 Å². The Kier molecular flexibility index (Phi) is 52.8. The Bertz CT molecular complexity index is 1570. The minimum Gasteiger partial charge on any atom is -0.387 e. The highest BCUT2D eigenvalue weighted by Crippen LogP contribution is 2.43. The molecule has 0 aliphatic rings. The summed E-state index contributed by atoms with van der Waals surface area (Å²) in [4.78, 5) is 23.3. The fourth-order valence-electron chi connectivity index (χ4n) is 8.25. The van der Waals surface area contributed by atoms with Crippen molar-refractivity contribution in [1.29, 1.82) is 0 Å². The predicted molar refractivity (Wildman–Crippen MR) is 322 cm³/mol. The summed E-state index contributed by atoms with van der Waals surface area (Å²) in [5.41, 5.74) is 0. The zero-order valence-corrected chi connectivity index (χ0v) is 49.4. The maximum Gasteiger partial charge on any atom is 0.472 e. The summed E-state index contributed by atoms with van der Waals surface area (Å²) >= 11 is 0. The van der Waals surface area contributed by atoms with Crippen molar-refractivity contribution in [2.75, 3.05) is 40.9 Å². The summed E-state index contributed by atoms with van der Waals surface area (Å²) in [6.07, 6.45) is 80.6. The number of aliphatic hydroxyl groups is 1. The first kappa shape index (κ1) is 71.2. The van der Waals surface area contributed by atoms with Crippen LogP contribution in [0.1, 0.15) is 245 Å². The number of carbonyl (C=O) groups excluding carboxylic acids is 1. The molecule has 0 heterocycles. The number of aliphatic hydroxyl groups excluding tert-OH is 1. The van der Waals surface area contributed by atoms with Gasteiger partial charge in [0.15, 0.2) is 0 Å². The number of quaternary nitrogens is 1. The summed E-state index contributed by atoms with van der Waals surface area (Å²) in [5, 5.41) is 13.9. The Balaban J connectivity index is 4.12. The predicted octanol–water partition coefficient (Wildman–Crippen LogP) is 18.8. The number of phosphoric ester groups is 1. The quantitative estimate of drug-likeness (QED) is 0.0243. The van der Waals surface area contributed by atoms with E-state index in [2.05, 4.69) is 116 Å². The molecule has 0 aliphatic heterocycles. The third-order valence-electron chi connectivity index (χ3n) is 13.0. The number of carbonyl (C=O) groups is 1. The summed E-state index contributed by atoms with van der Waals surface area (Å²) in [7, 11) is 1.54. The van der Waals surface area contributed by atoms with Crippen LogP contribution in [0.15, 0.2) is 109 Å². The van der Waals surface area contributed by atoms with Crippen molar-refractivity contribution in [3.05, 3.63) is 109 Å². The van der Waals surface area contributed by atoms with E-state index in [1.54, 1.807) is 6.08 Å². The van der Waals surface area contributed by atoms with Crippen LogP contribution in [0, 0.1) is 0 Å². The molecule has 0 aromatic rings. The minimum atomic E-state index is -4.36. The first-order chi connectivity index (χ1) is 36.0. The van der Waals surface area contributed by atoms with Crippen LogP contribution in [0.2, 0.25) is 0 Å². The highest BCUT2D eigenvalue weighted by atomic mass is 31.2. The molecule has 3 N–H and O–H groups in total. The van der Waals surface area contributed by atoms with Crippen LogP contribution in [0.3, 0.4) is 0 Å². The van der Waals surface area contributed by atoms with Crippen LogP contribution in [-0.4, -0.2) is 73.4 Å². The van der Waals surface area contributed by atoms with Gasteiger partial charge in [-0.3, -0.25) is 13.8 Å². The van der Waals surface area contributed by atoms with Crippen molar-refractivity contribution in [2.24, 2.45) is 0 Å².